The van der Waals surface area contributed by atoms with Gasteiger partial charge in [0.2, 0.25) is 0 Å². The number of urea groups is 1. The van der Waals surface area contributed by atoms with Crippen LogP contribution in [-0.4, -0.2) is 42.9 Å². The lowest BCUT2D eigenvalue weighted by molar-refractivity contribution is -0.140. The molecule has 0 aromatic heterocycles. The van der Waals surface area contributed by atoms with Crippen LogP contribution in [0.2, 0.25) is 0 Å². The van der Waals surface area contributed by atoms with Crippen molar-refractivity contribution in [3.63, 3.8) is 0 Å². The molecule has 3 N–H and O–H groups in total. The van der Waals surface area contributed by atoms with E-state index in [9.17, 15) is 9.59 Å². The number of aliphatic carboxylic acids is 1. The summed E-state index contributed by atoms with van der Waals surface area (Å²) in [7, 11) is 0. The summed E-state index contributed by atoms with van der Waals surface area (Å²) >= 11 is 0. The highest BCUT2D eigenvalue weighted by atomic mass is 16.5. The normalized spacial score (nSPS) is 21.2. The van der Waals surface area contributed by atoms with E-state index in [1.165, 1.54) is 0 Å². The second-order valence-corrected chi connectivity index (χ2v) is 4.64. The van der Waals surface area contributed by atoms with Crippen LogP contribution in [0.15, 0.2) is 0 Å². The van der Waals surface area contributed by atoms with Crippen LogP contribution >= 0.6 is 0 Å². The van der Waals surface area contributed by atoms with Gasteiger partial charge in [-0.05, 0) is 12.3 Å². The molecule has 1 rings (SSSR count). The predicted molar refractivity (Wildman–Crippen MR) is 61.7 cm³/mol. The van der Waals surface area contributed by atoms with Gasteiger partial charge in [0, 0.05) is 19.1 Å². The van der Waals surface area contributed by atoms with Crippen LogP contribution in [0.3, 0.4) is 0 Å². The van der Waals surface area contributed by atoms with E-state index in [1.54, 1.807) is 13.8 Å². The zero-order valence-corrected chi connectivity index (χ0v) is 10.2. The fraction of sp³-hybridized carbons (Fsp3) is 0.818. The molecule has 6 nitrogen and oxygen atoms in total. The molecule has 17 heavy (non-hydrogen) atoms. The summed E-state index contributed by atoms with van der Waals surface area (Å²) in [6.07, 6.45) is 0.937. The molecule has 1 aliphatic heterocycles. The van der Waals surface area contributed by atoms with E-state index in [0.717, 1.165) is 13.0 Å². The number of carbonyl (C=O) groups is 2. The quantitative estimate of drug-likeness (QED) is 0.654. The van der Waals surface area contributed by atoms with Crippen molar-refractivity contribution in [2.45, 2.75) is 26.3 Å². The maximum atomic E-state index is 11.5. The van der Waals surface area contributed by atoms with Gasteiger partial charge in [-0.25, -0.2) is 9.59 Å². The topological polar surface area (TPSA) is 87.7 Å². The first-order valence-electron chi connectivity index (χ1n) is 5.85. The molecule has 1 saturated heterocycles. The van der Waals surface area contributed by atoms with Gasteiger partial charge in [-0.3, -0.25) is 0 Å². The standard InChI is InChI=1S/C11H20N2O4/c1-7(2)9(10(14)15)13-11(16)12-5-8-3-4-17-6-8/h7-9H,3-6H2,1-2H3,(H,14,15)(H2,12,13,16). The summed E-state index contributed by atoms with van der Waals surface area (Å²) in [5.74, 6) is -0.824. The SMILES string of the molecule is CC(C)C(NC(=O)NCC1CCOC1)C(=O)O. The number of carboxylic acids is 1. The fourth-order valence-electron chi connectivity index (χ4n) is 1.69. The molecule has 0 bridgehead atoms. The molecule has 0 spiro atoms. The van der Waals surface area contributed by atoms with Gasteiger partial charge in [-0.1, -0.05) is 13.8 Å². The smallest absolute Gasteiger partial charge is 0.326 e. The molecule has 2 amide bonds. The summed E-state index contributed by atoms with van der Waals surface area (Å²) < 4.78 is 5.18. The average Bonchev–Trinajstić information content (AvgIpc) is 2.74. The van der Waals surface area contributed by atoms with Crippen molar-refractivity contribution in [2.24, 2.45) is 11.8 Å². The molecule has 1 aliphatic rings. The van der Waals surface area contributed by atoms with Crippen LogP contribution in [0.25, 0.3) is 0 Å². The maximum absolute atomic E-state index is 11.5. The van der Waals surface area contributed by atoms with Gasteiger partial charge in [-0.15, -0.1) is 0 Å². The Bertz CT molecular complexity index is 275. The van der Waals surface area contributed by atoms with Crippen molar-refractivity contribution in [3.8, 4) is 0 Å². The first-order chi connectivity index (χ1) is 8.00. The molecule has 1 fully saturated rings. The number of rotatable bonds is 5. The highest BCUT2D eigenvalue weighted by Crippen LogP contribution is 2.10. The van der Waals surface area contributed by atoms with Gasteiger partial charge in [0.1, 0.15) is 6.04 Å². The van der Waals surface area contributed by atoms with Gasteiger partial charge in [0.05, 0.1) is 6.61 Å². The minimum absolute atomic E-state index is 0.145. The molecular formula is C11H20N2O4. The molecule has 0 aliphatic carbocycles. The molecular weight excluding hydrogens is 224 g/mol. The van der Waals surface area contributed by atoms with Crippen LogP contribution in [0.1, 0.15) is 20.3 Å². The minimum Gasteiger partial charge on any atom is -0.480 e. The van der Waals surface area contributed by atoms with Gasteiger partial charge >= 0.3 is 12.0 Å². The Balaban J connectivity index is 2.29. The maximum Gasteiger partial charge on any atom is 0.326 e. The molecule has 0 saturated carbocycles. The third-order valence-corrected chi connectivity index (χ3v) is 2.79. The van der Waals surface area contributed by atoms with Crippen LogP contribution < -0.4 is 10.6 Å². The minimum atomic E-state index is -1.01. The largest absolute Gasteiger partial charge is 0.480 e. The van der Waals surface area contributed by atoms with Crippen molar-refractivity contribution in [3.05, 3.63) is 0 Å². The zero-order valence-electron chi connectivity index (χ0n) is 10.2. The molecule has 0 radical (unpaired) electrons. The van der Waals surface area contributed by atoms with Gasteiger partial charge in [0.25, 0.3) is 0 Å². The Morgan fingerprint density at radius 1 is 1.47 bits per heavy atom. The number of ether oxygens (including phenoxy) is 1. The predicted octanol–water partition coefficient (Wildman–Crippen LogP) is 0.431. The molecule has 1 heterocycles. The van der Waals surface area contributed by atoms with Gasteiger partial charge in [-0.2, -0.15) is 0 Å². The number of nitrogens with one attached hydrogen (secondary N) is 2. The number of amides is 2. The Morgan fingerprint density at radius 2 is 2.18 bits per heavy atom. The van der Waals surface area contributed by atoms with Crippen molar-refractivity contribution in [1.29, 1.82) is 0 Å². The Morgan fingerprint density at radius 3 is 2.65 bits per heavy atom. The molecule has 0 aromatic rings. The third-order valence-electron chi connectivity index (χ3n) is 2.79. The van der Waals surface area contributed by atoms with Crippen molar-refractivity contribution in [2.75, 3.05) is 19.8 Å². The molecule has 0 aromatic carbocycles. The van der Waals surface area contributed by atoms with E-state index in [1.807, 2.05) is 0 Å². The van der Waals surface area contributed by atoms with Crippen LogP contribution in [0.5, 0.6) is 0 Å². The number of hydrogen-bond acceptors (Lipinski definition) is 3. The van der Waals surface area contributed by atoms with E-state index in [0.29, 0.717) is 19.1 Å². The van der Waals surface area contributed by atoms with E-state index in [2.05, 4.69) is 10.6 Å². The Labute approximate surface area is 101 Å². The monoisotopic (exact) mass is 244 g/mol. The first kappa shape index (κ1) is 13.8. The summed E-state index contributed by atoms with van der Waals surface area (Å²) in [6, 6.07) is -1.28. The van der Waals surface area contributed by atoms with Crippen LogP contribution in [-0.2, 0) is 9.53 Å². The van der Waals surface area contributed by atoms with Crippen molar-refractivity contribution >= 4 is 12.0 Å². The lowest BCUT2D eigenvalue weighted by Gasteiger charge is -2.19. The zero-order chi connectivity index (χ0) is 12.8. The van der Waals surface area contributed by atoms with Gasteiger partial charge in [0.15, 0.2) is 0 Å². The third kappa shape index (κ3) is 4.60. The molecule has 2 unspecified atom stereocenters. The van der Waals surface area contributed by atoms with Gasteiger partial charge < -0.3 is 20.5 Å². The second-order valence-electron chi connectivity index (χ2n) is 4.64. The lowest BCUT2D eigenvalue weighted by atomic mass is 10.1. The molecule has 98 valence electrons. The first-order valence-corrected chi connectivity index (χ1v) is 5.85. The lowest BCUT2D eigenvalue weighted by Crippen LogP contribution is -2.49. The van der Waals surface area contributed by atoms with Crippen molar-refractivity contribution < 1.29 is 19.4 Å². The van der Waals surface area contributed by atoms with E-state index >= 15 is 0 Å². The van der Waals surface area contributed by atoms with Crippen molar-refractivity contribution in [1.82, 2.24) is 10.6 Å². The molecule has 2 atom stereocenters. The summed E-state index contributed by atoms with van der Waals surface area (Å²) in [4.78, 5) is 22.4. The number of carbonyl (C=O) groups excluding carboxylic acids is 1. The summed E-state index contributed by atoms with van der Waals surface area (Å²) in [5, 5.41) is 14.0. The number of carboxylic acid groups (broad SMARTS) is 1. The highest BCUT2D eigenvalue weighted by molar-refractivity contribution is 5.82. The molecule has 6 heteroatoms. The summed E-state index contributed by atoms with van der Waals surface area (Å²) in [6.45, 7) is 5.43. The fourth-order valence-corrected chi connectivity index (χ4v) is 1.69. The van der Waals surface area contributed by atoms with E-state index in [-0.39, 0.29) is 5.92 Å². The Hall–Kier alpha value is -1.30. The average molecular weight is 244 g/mol. The van der Waals surface area contributed by atoms with Crippen LogP contribution in [0.4, 0.5) is 4.79 Å². The van der Waals surface area contributed by atoms with Crippen LogP contribution in [0, 0.1) is 11.8 Å². The summed E-state index contributed by atoms with van der Waals surface area (Å²) in [5.41, 5.74) is 0. The van der Waals surface area contributed by atoms with E-state index in [4.69, 9.17) is 9.84 Å². The highest BCUT2D eigenvalue weighted by Gasteiger charge is 2.24. The van der Waals surface area contributed by atoms with E-state index < -0.39 is 18.0 Å². The second kappa shape index (κ2) is 6.44. The Kier molecular flexibility index (Phi) is 5.21. The number of hydrogen-bond donors (Lipinski definition) is 3.